The molecule has 0 aliphatic carbocycles. The van der Waals surface area contributed by atoms with Crippen molar-refractivity contribution in [1.82, 2.24) is 9.13 Å². The summed E-state index contributed by atoms with van der Waals surface area (Å²) in [6.07, 6.45) is 0. The van der Waals surface area contributed by atoms with Crippen molar-refractivity contribution in [1.29, 1.82) is 0 Å². The molecule has 0 unspecified atom stereocenters. The molecular weight excluding hydrogens is 278 g/mol. The van der Waals surface area contributed by atoms with Gasteiger partial charge in [0, 0.05) is 19.0 Å². The molecule has 1 aromatic heterocycles. The number of hydrogen-bond acceptors (Lipinski definition) is 5. The minimum atomic E-state index is -0.480. The van der Waals surface area contributed by atoms with Gasteiger partial charge in [0.1, 0.15) is 6.54 Å². The quantitative estimate of drug-likeness (QED) is 0.632. The molecule has 0 radical (unpaired) electrons. The molecule has 0 N–H and O–H groups in total. The highest BCUT2D eigenvalue weighted by atomic mass is 32.2. The summed E-state index contributed by atoms with van der Waals surface area (Å²) in [6.45, 7) is -0.254. The second-order valence-electron chi connectivity index (χ2n) is 4.19. The average Bonchev–Trinajstić information content (AvgIpc) is 2.47. The summed E-state index contributed by atoms with van der Waals surface area (Å²) in [5.41, 5.74) is -0.673. The fourth-order valence-corrected chi connectivity index (χ4v) is 2.83. The van der Waals surface area contributed by atoms with Crippen molar-refractivity contribution >= 4 is 11.8 Å². The Morgan fingerprint density at radius 2 is 1.75 bits per heavy atom. The Bertz CT molecular complexity index is 750. The summed E-state index contributed by atoms with van der Waals surface area (Å²) in [7, 11) is 2.96. The van der Waals surface area contributed by atoms with E-state index in [0.29, 0.717) is 5.03 Å². The van der Waals surface area contributed by atoms with Gasteiger partial charge in [-0.15, -0.1) is 0 Å². The summed E-state index contributed by atoms with van der Waals surface area (Å²) < 4.78 is 2.34. The fourth-order valence-electron chi connectivity index (χ4n) is 1.83. The largest absolute Gasteiger partial charge is 0.331 e. The van der Waals surface area contributed by atoms with Crippen LogP contribution in [0.25, 0.3) is 0 Å². The van der Waals surface area contributed by atoms with Gasteiger partial charge < -0.3 is 0 Å². The maximum atomic E-state index is 12.1. The van der Waals surface area contributed by atoms with Crippen LogP contribution in [0.5, 0.6) is 0 Å². The van der Waals surface area contributed by atoms with Gasteiger partial charge in [0.25, 0.3) is 5.56 Å². The van der Waals surface area contributed by atoms with E-state index in [1.165, 1.54) is 23.4 Å². The summed E-state index contributed by atoms with van der Waals surface area (Å²) in [5.74, 6) is 0. The highest BCUT2D eigenvalue weighted by Crippen LogP contribution is 2.28. The monoisotopic (exact) mass is 291 g/mol. The Labute approximate surface area is 119 Å². The fraction of sp³-hybridized carbons (Fsp3) is 0.231. The van der Waals surface area contributed by atoms with Crippen LogP contribution in [0, 0.1) is 4.91 Å². The first kappa shape index (κ1) is 14.3. The van der Waals surface area contributed by atoms with Crippen LogP contribution < -0.4 is 11.2 Å². The molecule has 2 rings (SSSR count). The van der Waals surface area contributed by atoms with Gasteiger partial charge in [-0.25, -0.2) is 4.79 Å². The molecule has 2 aromatic rings. The van der Waals surface area contributed by atoms with Crippen molar-refractivity contribution < 1.29 is 0 Å². The molecular formula is C13H13N3O3S. The van der Waals surface area contributed by atoms with Crippen LogP contribution >= 0.6 is 11.8 Å². The summed E-state index contributed by atoms with van der Waals surface area (Å²) >= 11 is 1.27. The first-order valence-corrected chi connectivity index (χ1v) is 6.68. The molecule has 0 atom stereocenters. The van der Waals surface area contributed by atoms with Crippen molar-refractivity contribution in [2.45, 2.75) is 16.5 Å². The number of nitrogens with zero attached hydrogens (tertiary/aromatic N) is 3. The Hall–Kier alpha value is -2.15. The highest BCUT2D eigenvalue weighted by Gasteiger charge is 2.16. The molecule has 0 aliphatic heterocycles. The molecule has 7 heteroatoms. The molecule has 0 amide bonds. The molecule has 0 saturated heterocycles. The standard InChI is InChI=1S/C13H13N3O3S/c1-15-11(17)10(8-14-19)12(16(2)13(15)18)20-9-6-4-3-5-7-9/h3-7H,8H2,1-2H3. The number of nitroso groups, excluding NO2 is 1. The van der Waals surface area contributed by atoms with Gasteiger partial charge in [-0.2, -0.15) is 4.91 Å². The van der Waals surface area contributed by atoms with Gasteiger partial charge in [-0.3, -0.25) is 13.9 Å². The van der Waals surface area contributed by atoms with Crippen LogP contribution in [0.1, 0.15) is 5.56 Å². The van der Waals surface area contributed by atoms with Gasteiger partial charge in [-0.05, 0) is 12.1 Å². The molecule has 0 saturated carbocycles. The maximum Gasteiger partial charge on any atom is 0.331 e. The van der Waals surface area contributed by atoms with Crippen molar-refractivity contribution in [3.63, 3.8) is 0 Å². The summed E-state index contributed by atoms with van der Waals surface area (Å²) in [5, 5.41) is 3.24. The van der Waals surface area contributed by atoms with Gasteiger partial charge in [0.2, 0.25) is 0 Å². The van der Waals surface area contributed by atoms with E-state index in [9.17, 15) is 14.5 Å². The lowest BCUT2D eigenvalue weighted by Gasteiger charge is -2.12. The zero-order chi connectivity index (χ0) is 14.7. The SMILES string of the molecule is Cn1c(Sc2ccccc2)c(CN=O)c(=O)n(C)c1=O. The van der Waals surface area contributed by atoms with Crippen molar-refractivity contribution in [2.75, 3.05) is 0 Å². The van der Waals surface area contributed by atoms with Crippen LogP contribution in [-0.2, 0) is 20.6 Å². The first-order valence-electron chi connectivity index (χ1n) is 5.87. The molecule has 104 valence electrons. The number of aromatic nitrogens is 2. The lowest BCUT2D eigenvalue weighted by Crippen LogP contribution is -2.39. The minimum absolute atomic E-state index is 0.235. The van der Waals surface area contributed by atoms with Gasteiger partial charge in [-0.1, -0.05) is 35.1 Å². The third-order valence-corrected chi connectivity index (χ3v) is 4.10. The van der Waals surface area contributed by atoms with Crippen LogP contribution in [0.3, 0.4) is 0 Å². The van der Waals surface area contributed by atoms with E-state index in [1.807, 2.05) is 30.3 Å². The molecule has 20 heavy (non-hydrogen) atoms. The lowest BCUT2D eigenvalue weighted by atomic mass is 10.3. The molecule has 0 spiro atoms. The predicted octanol–water partition coefficient (Wildman–Crippen LogP) is 1.50. The first-order chi connectivity index (χ1) is 9.56. The lowest BCUT2D eigenvalue weighted by molar-refractivity contribution is 0.614. The van der Waals surface area contributed by atoms with Crippen molar-refractivity contribution in [2.24, 2.45) is 19.3 Å². The van der Waals surface area contributed by atoms with Crippen LogP contribution in [0.4, 0.5) is 0 Å². The zero-order valence-electron chi connectivity index (χ0n) is 11.1. The third kappa shape index (κ3) is 2.57. The molecule has 0 fully saturated rings. The van der Waals surface area contributed by atoms with Crippen molar-refractivity contribution in [3.05, 3.63) is 61.6 Å². The van der Waals surface area contributed by atoms with Gasteiger partial charge >= 0.3 is 5.69 Å². The van der Waals surface area contributed by atoms with Gasteiger partial charge in [0.15, 0.2) is 0 Å². The molecule has 0 bridgehead atoms. The Balaban J connectivity index is 2.64. The smallest absolute Gasteiger partial charge is 0.290 e. The highest BCUT2D eigenvalue weighted by molar-refractivity contribution is 7.99. The van der Waals surface area contributed by atoms with Crippen molar-refractivity contribution in [3.8, 4) is 0 Å². The Morgan fingerprint density at radius 3 is 2.35 bits per heavy atom. The normalized spacial score (nSPS) is 10.5. The third-order valence-electron chi connectivity index (χ3n) is 2.88. The molecule has 0 aliphatic rings. The zero-order valence-corrected chi connectivity index (χ0v) is 11.9. The number of hydrogen-bond donors (Lipinski definition) is 0. The maximum absolute atomic E-state index is 12.1. The molecule has 6 nitrogen and oxygen atoms in total. The van der Waals surface area contributed by atoms with E-state index >= 15 is 0 Å². The van der Waals surface area contributed by atoms with E-state index in [2.05, 4.69) is 5.18 Å². The summed E-state index contributed by atoms with van der Waals surface area (Å²) in [4.78, 5) is 35.5. The Morgan fingerprint density at radius 1 is 1.10 bits per heavy atom. The van der Waals surface area contributed by atoms with Crippen LogP contribution in [0.2, 0.25) is 0 Å². The van der Waals surface area contributed by atoms with Crippen LogP contribution in [-0.4, -0.2) is 9.13 Å². The van der Waals surface area contributed by atoms with E-state index < -0.39 is 11.2 Å². The Kier molecular flexibility index (Phi) is 4.19. The molecule has 1 heterocycles. The van der Waals surface area contributed by atoms with E-state index in [0.717, 1.165) is 9.46 Å². The average molecular weight is 291 g/mol. The van der Waals surface area contributed by atoms with E-state index in [4.69, 9.17) is 0 Å². The number of rotatable bonds is 4. The van der Waals surface area contributed by atoms with E-state index in [1.54, 1.807) is 7.05 Å². The van der Waals surface area contributed by atoms with Gasteiger partial charge in [0.05, 0.1) is 10.6 Å². The topological polar surface area (TPSA) is 73.4 Å². The van der Waals surface area contributed by atoms with Crippen LogP contribution in [0.15, 0.2) is 55.0 Å². The number of benzene rings is 1. The molecule has 1 aromatic carbocycles. The summed E-state index contributed by atoms with van der Waals surface area (Å²) in [6, 6.07) is 9.33. The van der Waals surface area contributed by atoms with E-state index in [-0.39, 0.29) is 12.1 Å². The second kappa shape index (κ2) is 5.87. The minimum Gasteiger partial charge on any atom is -0.290 e. The second-order valence-corrected chi connectivity index (χ2v) is 5.25. The predicted molar refractivity (Wildman–Crippen MR) is 77.0 cm³/mol.